The first kappa shape index (κ1) is 19.4. The second kappa shape index (κ2) is 7.83. The van der Waals surface area contributed by atoms with Gasteiger partial charge in [0.05, 0.1) is 17.3 Å². The van der Waals surface area contributed by atoms with Gasteiger partial charge in [-0.15, -0.1) is 0 Å². The van der Waals surface area contributed by atoms with Gasteiger partial charge in [-0.25, -0.2) is 0 Å². The third-order valence-corrected chi connectivity index (χ3v) is 7.04. The average Bonchev–Trinajstić information content (AvgIpc) is 3.02. The van der Waals surface area contributed by atoms with E-state index < -0.39 is 0 Å². The number of nitriles is 1. The van der Waals surface area contributed by atoms with Crippen molar-refractivity contribution in [2.45, 2.75) is 32.7 Å². The number of pyridine rings is 1. The number of nitrogens with zero attached hydrogens (tertiary/aromatic N) is 3. The van der Waals surface area contributed by atoms with Gasteiger partial charge in [-0.3, -0.25) is 9.78 Å². The molecule has 2 fully saturated rings. The fourth-order valence-electron chi connectivity index (χ4n) is 5.07. The summed E-state index contributed by atoms with van der Waals surface area (Å²) in [4.78, 5) is 18.8. The maximum atomic E-state index is 12.3. The standard InChI is InChI=1S/C25H27N3O/c1-16-12-24-23(13-25(29)28(24)3)21(17(16)2)11-10-20-9-8-19(15-27-20)22-7-5-4-6-18(22)14-26/h4-11,15-17,21,23-24H,12-13H2,1-3H3/b11-10+/t16-,17+,21-,23-,24+/m0/s1. The van der Waals surface area contributed by atoms with E-state index in [1.54, 1.807) is 0 Å². The first-order valence-corrected chi connectivity index (χ1v) is 10.4. The molecule has 0 radical (unpaired) electrons. The van der Waals surface area contributed by atoms with Crippen molar-refractivity contribution in [3.63, 3.8) is 0 Å². The Morgan fingerprint density at radius 2 is 2.00 bits per heavy atom. The Bertz CT molecular complexity index is 972. The Balaban J connectivity index is 1.55. The molecule has 4 nitrogen and oxygen atoms in total. The Morgan fingerprint density at radius 3 is 2.72 bits per heavy atom. The highest BCUT2D eigenvalue weighted by molar-refractivity contribution is 5.79. The molecule has 1 aromatic heterocycles. The average molecular weight is 386 g/mol. The van der Waals surface area contributed by atoms with Crippen LogP contribution in [0.2, 0.25) is 0 Å². The van der Waals surface area contributed by atoms with Gasteiger partial charge in [-0.2, -0.15) is 5.26 Å². The third kappa shape index (κ3) is 3.58. The SMILES string of the molecule is C[C@H]1[C@H](/C=C/c2ccc(-c3ccccc3C#N)cn2)[C@@H]2CC(=O)N(C)[C@@H]2C[C@@H]1C. The van der Waals surface area contributed by atoms with Crippen LogP contribution in [0.25, 0.3) is 17.2 Å². The Kier molecular flexibility index (Phi) is 5.24. The Hall–Kier alpha value is -2.93. The van der Waals surface area contributed by atoms with E-state index in [-0.39, 0.29) is 5.91 Å². The summed E-state index contributed by atoms with van der Waals surface area (Å²) in [6.45, 7) is 4.62. The van der Waals surface area contributed by atoms with Gasteiger partial charge in [-0.05, 0) is 48.3 Å². The van der Waals surface area contributed by atoms with Gasteiger partial charge in [0.15, 0.2) is 0 Å². The third-order valence-electron chi connectivity index (χ3n) is 7.04. The van der Waals surface area contributed by atoms with E-state index in [4.69, 9.17) is 0 Å². The highest BCUT2D eigenvalue weighted by Crippen LogP contribution is 2.46. The Morgan fingerprint density at radius 1 is 1.21 bits per heavy atom. The molecule has 1 aliphatic heterocycles. The van der Waals surface area contributed by atoms with Crippen molar-refractivity contribution in [3.05, 3.63) is 59.9 Å². The lowest BCUT2D eigenvalue weighted by Crippen LogP contribution is -2.43. The summed E-state index contributed by atoms with van der Waals surface area (Å²) in [6, 6.07) is 14.2. The van der Waals surface area contributed by atoms with E-state index in [0.717, 1.165) is 23.2 Å². The van der Waals surface area contributed by atoms with Crippen molar-refractivity contribution in [1.29, 1.82) is 5.26 Å². The molecule has 1 saturated carbocycles. The summed E-state index contributed by atoms with van der Waals surface area (Å²) < 4.78 is 0. The second-order valence-electron chi connectivity index (χ2n) is 8.58. The molecule has 0 bridgehead atoms. The van der Waals surface area contributed by atoms with Crippen molar-refractivity contribution in [2.75, 3.05) is 7.05 Å². The molecule has 1 aliphatic carbocycles. The van der Waals surface area contributed by atoms with Crippen molar-refractivity contribution in [3.8, 4) is 17.2 Å². The maximum Gasteiger partial charge on any atom is 0.222 e. The topological polar surface area (TPSA) is 57.0 Å². The predicted molar refractivity (Wildman–Crippen MR) is 115 cm³/mol. The monoisotopic (exact) mass is 385 g/mol. The molecular formula is C25H27N3O. The zero-order valence-corrected chi connectivity index (χ0v) is 17.2. The van der Waals surface area contributed by atoms with Gasteiger partial charge in [0, 0.05) is 36.8 Å². The zero-order chi connectivity index (χ0) is 20.5. The van der Waals surface area contributed by atoms with E-state index in [1.807, 2.05) is 54.5 Å². The van der Waals surface area contributed by atoms with Crippen molar-refractivity contribution in [2.24, 2.45) is 23.7 Å². The first-order valence-electron chi connectivity index (χ1n) is 10.4. The molecule has 1 saturated heterocycles. The summed E-state index contributed by atoms with van der Waals surface area (Å²) in [7, 11) is 1.95. The molecule has 5 atom stereocenters. The molecule has 1 aromatic carbocycles. The molecule has 0 spiro atoms. The van der Waals surface area contributed by atoms with Gasteiger partial charge in [0.1, 0.15) is 0 Å². The predicted octanol–water partition coefficient (Wildman–Crippen LogP) is 4.77. The highest BCUT2D eigenvalue weighted by atomic mass is 16.2. The van der Waals surface area contributed by atoms with Crippen LogP contribution < -0.4 is 0 Å². The molecule has 2 aliphatic rings. The lowest BCUT2D eigenvalue weighted by Gasteiger charge is -2.42. The number of amides is 1. The lowest BCUT2D eigenvalue weighted by molar-refractivity contribution is -0.127. The largest absolute Gasteiger partial charge is 0.342 e. The number of aromatic nitrogens is 1. The lowest BCUT2D eigenvalue weighted by atomic mass is 9.65. The number of allylic oxidation sites excluding steroid dienone is 1. The number of hydrogen-bond acceptors (Lipinski definition) is 3. The fraction of sp³-hybridized carbons (Fsp3) is 0.400. The van der Waals surface area contributed by atoms with Crippen molar-refractivity contribution in [1.82, 2.24) is 9.88 Å². The summed E-state index contributed by atoms with van der Waals surface area (Å²) >= 11 is 0. The van der Waals surface area contributed by atoms with Crippen LogP contribution in [0.15, 0.2) is 48.7 Å². The number of rotatable bonds is 3. The minimum atomic E-state index is 0.276. The molecule has 0 unspecified atom stereocenters. The Labute approximate surface area is 172 Å². The minimum Gasteiger partial charge on any atom is -0.342 e. The van der Waals surface area contributed by atoms with Crippen LogP contribution in [-0.4, -0.2) is 28.9 Å². The van der Waals surface area contributed by atoms with Crippen LogP contribution in [0, 0.1) is 35.0 Å². The van der Waals surface area contributed by atoms with Gasteiger partial charge < -0.3 is 4.90 Å². The molecule has 29 heavy (non-hydrogen) atoms. The van der Waals surface area contributed by atoms with Crippen LogP contribution in [0.1, 0.15) is 37.9 Å². The molecule has 2 aromatic rings. The maximum absolute atomic E-state index is 12.3. The van der Waals surface area contributed by atoms with E-state index in [9.17, 15) is 10.1 Å². The molecular weight excluding hydrogens is 358 g/mol. The number of likely N-dealkylation sites (tertiary alicyclic amines) is 1. The molecule has 4 rings (SSSR count). The van der Waals surface area contributed by atoms with Crippen LogP contribution >= 0.6 is 0 Å². The van der Waals surface area contributed by atoms with Crippen molar-refractivity contribution < 1.29 is 4.79 Å². The van der Waals surface area contributed by atoms with Gasteiger partial charge >= 0.3 is 0 Å². The summed E-state index contributed by atoms with van der Waals surface area (Å²) in [5, 5.41) is 9.31. The van der Waals surface area contributed by atoms with E-state index in [0.29, 0.717) is 41.7 Å². The van der Waals surface area contributed by atoms with Gasteiger partial charge in [-0.1, -0.05) is 44.2 Å². The summed E-state index contributed by atoms with van der Waals surface area (Å²) in [6.07, 6.45) is 7.96. The zero-order valence-electron chi connectivity index (χ0n) is 17.2. The van der Waals surface area contributed by atoms with Gasteiger partial charge in [0.2, 0.25) is 5.91 Å². The smallest absolute Gasteiger partial charge is 0.222 e. The molecule has 0 N–H and O–H groups in total. The number of fused-ring (bicyclic) bond motifs is 1. The number of carbonyl (C=O) groups is 1. The minimum absolute atomic E-state index is 0.276. The quantitative estimate of drug-likeness (QED) is 0.764. The number of hydrogen-bond donors (Lipinski definition) is 0. The first-order chi connectivity index (χ1) is 14.0. The van der Waals surface area contributed by atoms with E-state index >= 15 is 0 Å². The summed E-state index contributed by atoms with van der Waals surface area (Å²) in [5.41, 5.74) is 3.41. The molecule has 2 heterocycles. The number of carbonyl (C=O) groups excluding carboxylic acids is 1. The van der Waals surface area contributed by atoms with Crippen LogP contribution in [0.3, 0.4) is 0 Å². The fourth-order valence-corrected chi connectivity index (χ4v) is 5.07. The van der Waals surface area contributed by atoms with E-state index in [1.165, 1.54) is 0 Å². The normalized spacial score (nSPS) is 29.1. The highest BCUT2D eigenvalue weighted by Gasteiger charge is 2.47. The van der Waals surface area contributed by atoms with Crippen LogP contribution in [0.4, 0.5) is 0 Å². The van der Waals surface area contributed by atoms with Crippen LogP contribution in [0.5, 0.6) is 0 Å². The molecule has 4 heteroatoms. The molecule has 1 amide bonds. The second-order valence-corrected chi connectivity index (χ2v) is 8.58. The van der Waals surface area contributed by atoms with Crippen LogP contribution in [-0.2, 0) is 4.79 Å². The number of benzene rings is 1. The van der Waals surface area contributed by atoms with Crippen molar-refractivity contribution >= 4 is 12.0 Å². The summed E-state index contributed by atoms with van der Waals surface area (Å²) in [5.74, 6) is 2.21. The van der Waals surface area contributed by atoms with E-state index in [2.05, 4.69) is 37.1 Å². The van der Waals surface area contributed by atoms with Gasteiger partial charge in [0.25, 0.3) is 0 Å². The molecule has 148 valence electrons.